The van der Waals surface area contributed by atoms with Crippen molar-refractivity contribution in [3.05, 3.63) is 30.1 Å². The topological polar surface area (TPSA) is 73.8 Å². The van der Waals surface area contributed by atoms with E-state index in [0.717, 1.165) is 36.3 Å². The van der Waals surface area contributed by atoms with Crippen LogP contribution in [0.2, 0.25) is 0 Å². The van der Waals surface area contributed by atoms with E-state index in [1.807, 2.05) is 18.2 Å². The number of likely N-dealkylation sites (N-methyl/N-ethyl adjacent to an activating group) is 1. The van der Waals surface area contributed by atoms with Crippen LogP contribution in [0.3, 0.4) is 0 Å². The molecular formula is C18H24N4O3. The van der Waals surface area contributed by atoms with Crippen LogP contribution in [0.4, 0.5) is 4.79 Å². The van der Waals surface area contributed by atoms with Crippen LogP contribution in [0.1, 0.15) is 37.8 Å². The molecule has 0 radical (unpaired) electrons. The molecule has 0 unspecified atom stereocenters. The molecule has 1 aliphatic carbocycles. The Kier molecular flexibility index (Phi) is 5.31. The first kappa shape index (κ1) is 17.4. The van der Waals surface area contributed by atoms with E-state index < -0.39 is 6.03 Å². The predicted octanol–water partition coefficient (Wildman–Crippen LogP) is 1.64. The van der Waals surface area contributed by atoms with E-state index in [-0.39, 0.29) is 30.9 Å². The fraction of sp³-hybridized carbons (Fsp3) is 0.556. The molecule has 7 heteroatoms. The van der Waals surface area contributed by atoms with E-state index >= 15 is 0 Å². The Hall–Kier alpha value is -2.44. The maximum Gasteiger partial charge on any atom is 0.327 e. The average molecular weight is 344 g/mol. The number of imide groups is 1. The van der Waals surface area contributed by atoms with Gasteiger partial charge in [-0.3, -0.25) is 19.5 Å². The standard InChI is InChI=1S/C18H24N4O3/c1-20-12-16(23)22(18(20)25)13-17(24)21(15-8-3-2-4-9-15)11-14-7-5-6-10-19-14/h5-7,10,15H,2-4,8-9,11-13H2,1H3. The lowest BCUT2D eigenvalue weighted by Crippen LogP contribution is -2.47. The van der Waals surface area contributed by atoms with Crippen molar-refractivity contribution in [1.82, 2.24) is 19.7 Å². The van der Waals surface area contributed by atoms with Crippen LogP contribution in [0.5, 0.6) is 0 Å². The SMILES string of the molecule is CN1CC(=O)N(CC(=O)N(Cc2ccccn2)C2CCCCC2)C1=O. The minimum absolute atomic E-state index is 0.0375. The Bertz CT molecular complexity index is 643. The predicted molar refractivity (Wildman–Crippen MR) is 91.4 cm³/mol. The fourth-order valence-electron chi connectivity index (χ4n) is 3.53. The summed E-state index contributed by atoms with van der Waals surface area (Å²) in [7, 11) is 1.57. The Labute approximate surface area is 147 Å². The molecule has 0 atom stereocenters. The minimum atomic E-state index is -0.403. The van der Waals surface area contributed by atoms with Gasteiger partial charge in [0.15, 0.2) is 0 Å². The first-order valence-electron chi connectivity index (χ1n) is 8.81. The van der Waals surface area contributed by atoms with E-state index in [4.69, 9.17) is 0 Å². The summed E-state index contributed by atoms with van der Waals surface area (Å²) in [5.41, 5.74) is 0.817. The number of pyridine rings is 1. The van der Waals surface area contributed by atoms with E-state index in [0.29, 0.717) is 6.54 Å². The van der Waals surface area contributed by atoms with Gasteiger partial charge < -0.3 is 9.80 Å². The number of hydrogen-bond acceptors (Lipinski definition) is 4. The van der Waals surface area contributed by atoms with Crippen LogP contribution < -0.4 is 0 Å². The summed E-state index contributed by atoms with van der Waals surface area (Å²) in [6, 6.07) is 5.37. The highest BCUT2D eigenvalue weighted by atomic mass is 16.2. The molecule has 2 fully saturated rings. The molecule has 134 valence electrons. The Balaban J connectivity index is 1.74. The molecule has 1 aromatic heterocycles. The van der Waals surface area contributed by atoms with E-state index in [9.17, 15) is 14.4 Å². The minimum Gasteiger partial charge on any atom is -0.332 e. The zero-order valence-corrected chi connectivity index (χ0v) is 14.6. The van der Waals surface area contributed by atoms with Gasteiger partial charge in [0, 0.05) is 19.3 Å². The van der Waals surface area contributed by atoms with Crippen molar-refractivity contribution in [3.8, 4) is 0 Å². The number of amides is 4. The second-order valence-electron chi connectivity index (χ2n) is 6.75. The zero-order valence-electron chi connectivity index (χ0n) is 14.6. The van der Waals surface area contributed by atoms with Crippen molar-refractivity contribution >= 4 is 17.8 Å². The van der Waals surface area contributed by atoms with Crippen molar-refractivity contribution < 1.29 is 14.4 Å². The van der Waals surface area contributed by atoms with Crippen LogP contribution in [-0.4, -0.2) is 63.7 Å². The van der Waals surface area contributed by atoms with Gasteiger partial charge in [0.25, 0.3) is 5.91 Å². The highest BCUT2D eigenvalue weighted by molar-refractivity contribution is 6.04. The molecule has 1 aromatic rings. The largest absolute Gasteiger partial charge is 0.332 e. The van der Waals surface area contributed by atoms with Crippen molar-refractivity contribution in [2.24, 2.45) is 0 Å². The highest BCUT2D eigenvalue weighted by Crippen LogP contribution is 2.24. The van der Waals surface area contributed by atoms with Gasteiger partial charge in [-0.25, -0.2) is 4.79 Å². The van der Waals surface area contributed by atoms with Crippen LogP contribution in [0, 0.1) is 0 Å². The highest BCUT2D eigenvalue weighted by Gasteiger charge is 2.37. The number of carbonyl (C=O) groups excluding carboxylic acids is 3. The van der Waals surface area contributed by atoms with Crippen molar-refractivity contribution in [2.75, 3.05) is 20.1 Å². The Morgan fingerprint density at radius 1 is 1.24 bits per heavy atom. The summed E-state index contributed by atoms with van der Waals surface area (Å²) in [4.78, 5) is 45.5. The van der Waals surface area contributed by atoms with Gasteiger partial charge in [-0.05, 0) is 25.0 Å². The van der Waals surface area contributed by atoms with E-state index in [1.165, 1.54) is 11.3 Å². The summed E-state index contributed by atoms with van der Waals surface area (Å²) < 4.78 is 0. The van der Waals surface area contributed by atoms with Gasteiger partial charge in [0.2, 0.25) is 5.91 Å². The smallest absolute Gasteiger partial charge is 0.327 e. The molecule has 0 N–H and O–H groups in total. The van der Waals surface area contributed by atoms with Crippen LogP contribution in [0.15, 0.2) is 24.4 Å². The zero-order chi connectivity index (χ0) is 17.8. The summed E-state index contributed by atoms with van der Waals surface area (Å²) >= 11 is 0. The maximum atomic E-state index is 12.9. The number of urea groups is 1. The van der Waals surface area contributed by atoms with E-state index in [1.54, 1.807) is 18.1 Å². The number of hydrogen-bond donors (Lipinski definition) is 0. The van der Waals surface area contributed by atoms with Crippen molar-refractivity contribution in [3.63, 3.8) is 0 Å². The summed E-state index contributed by atoms with van der Waals surface area (Å²) in [5.74, 6) is -0.503. The molecule has 0 aromatic carbocycles. The molecule has 1 saturated carbocycles. The lowest BCUT2D eigenvalue weighted by atomic mass is 9.94. The molecule has 4 amide bonds. The number of nitrogens with zero attached hydrogens (tertiary/aromatic N) is 4. The van der Waals surface area contributed by atoms with Crippen LogP contribution >= 0.6 is 0 Å². The fourth-order valence-corrected chi connectivity index (χ4v) is 3.53. The Morgan fingerprint density at radius 3 is 2.60 bits per heavy atom. The second-order valence-corrected chi connectivity index (χ2v) is 6.75. The molecule has 0 spiro atoms. The van der Waals surface area contributed by atoms with Crippen LogP contribution in [-0.2, 0) is 16.1 Å². The van der Waals surface area contributed by atoms with Crippen molar-refractivity contribution in [1.29, 1.82) is 0 Å². The lowest BCUT2D eigenvalue weighted by Gasteiger charge is -2.35. The molecule has 1 aliphatic heterocycles. The van der Waals surface area contributed by atoms with E-state index in [2.05, 4.69) is 4.98 Å². The number of carbonyl (C=O) groups is 3. The van der Waals surface area contributed by atoms with Gasteiger partial charge in [-0.15, -0.1) is 0 Å². The third-order valence-corrected chi connectivity index (χ3v) is 4.92. The summed E-state index contributed by atoms with van der Waals surface area (Å²) in [6.07, 6.45) is 7.01. The van der Waals surface area contributed by atoms with Gasteiger partial charge in [0.05, 0.1) is 12.2 Å². The quantitative estimate of drug-likeness (QED) is 0.761. The molecule has 25 heavy (non-hydrogen) atoms. The lowest BCUT2D eigenvalue weighted by molar-refractivity contribution is -0.139. The molecule has 3 rings (SSSR count). The first-order chi connectivity index (χ1) is 12.1. The Morgan fingerprint density at radius 2 is 2.00 bits per heavy atom. The molecule has 7 nitrogen and oxygen atoms in total. The third-order valence-electron chi connectivity index (χ3n) is 4.92. The molecule has 1 saturated heterocycles. The van der Waals surface area contributed by atoms with Gasteiger partial charge in [-0.2, -0.15) is 0 Å². The first-order valence-corrected chi connectivity index (χ1v) is 8.81. The monoisotopic (exact) mass is 344 g/mol. The second kappa shape index (κ2) is 7.63. The molecule has 0 bridgehead atoms. The van der Waals surface area contributed by atoms with Crippen LogP contribution in [0.25, 0.3) is 0 Å². The van der Waals surface area contributed by atoms with Gasteiger partial charge in [0.1, 0.15) is 13.1 Å². The normalized spacial score (nSPS) is 18.8. The molecule has 2 aliphatic rings. The van der Waals surface area contributed by atoms with Crippen molar-refractivity contribution in [2.45, 2.75) is 44.7 Å². The summed E-state index contributed by atoms with van der Waals surface area (Å²) in [6.45, 7) is 0.261. The number of aromatic nitrogens is 1. The van der Waals surface area contributed by atoms with Gasteiger partial charge >= 0.3 is 6.03 Å². The molecular weight excluding hydrogens is 320 g/mol. The third kappa shape index (κ3) is 3.97. The maximum absolute atomic E-state index is 12.9. The number of rotatable bonds is 5. The summed E-state index contributed by atoms with van der Waals surface area (Å²) in [5, 5.41) is 0. The molecule has 2 heterocycles. The average Bonchev–Trinajstić information content (AvgIpc) is 2.87. The van der Waals surface area contributed by atoms with Gasteiger partial charge in [-0.1, -0.05) is 25.3 Å².